The summed E-state index contributed by atoms with van der Waals surface area (Å²) in [7, 11) is 0. The molecule has 0 saturated heterocycles. The summed E-state index contributed by atoms with van der Waals surface area (Å²) < 4.78 is 0.983. The molecule has 0 fully saturated rings. The number of nitrogens with one attached hydrogen (secondary N) is 1. The number of benzene rings is 1. The molecule has 0 aliphatic rings. The number of halogens is 2. The molecule has 0 aromatic heterocycles. The van der Waals surface area contributed by atoms with E-state index in [1.807, 2.05) is 31.2 Å². The van der Waals surface area contributed by atoms with Crippen LogP contribution in [0.1, 0.15) is 30.1 Å². The Bertz CT molecular complexity index is 337. The molecule has 1 aromatic rings. The van der Waals surface area contributed by atoms with Crippen LogP contribution in [0, 0.1) is 0 Å². The highest BCUT2D eigenvalue weighted by atomic mass is 79.9. The lowest BCUT2D eigenvalue weighted by Gasteiger charge is -2.13. The van der Waals surface area contributed by atoms with Gasteiger partial charge >= 0.3 is 0 Å². The van der Waals surface area contributed by atoms with Crippen molar-refractivity contribution in [2.75, 3.05) is 5.33 Å². The van der Waals surface area contributed by atoms with Crippen molar-refractivity contribution in [2.24, 2.45) is 0 Å². The third-order valence-corrected chi connectivity index (χ3v) is 3.34. The molecule has 0 heterocycles. The summed E-state index contributed by atoms with van der Waals surface area (Å²) in [5, 5.41) is 3.95. The Morgan fingerprint density at radius 1 is 1.38 bits per heavy atom. The van der Waals surface area contributed by atoms with E-state index in [0.717, 1.165) is 22.6 Å². The number of hydrogen-bond donors (Lipinski definition) is 1. The van der Waals surface area contributed by atoms with Gasteiger partial charge in [0.05, 0.1) is 0 Å². The van der Waals surface area contributed by atoms with Gasteiger partial charge in [-0.25, -0.2) is 0 Å². The molecule has 1 amide bonds. The fraction of sp³-hybridized carbons (Fsp3) is 0.417. The summed E-state index contributed by atoms with van der Waals surface area (Å²) in [6.45, 7) is 2.03. The lowest BCUT2D eigenvalue weighted by atomic mass is 10.1. The highest BCUT2D eigenvalue weighted by molar-refractivity contribution is 9.10. The second-order valence-corrected chi connectivity index (χ2v) is 5.42. The van der Waals surface area contributed by atoms with Crippen LogP contribution < -0.4 is 5.32 Å². The zero-order chi connectivity index (χ0) is 12.0. The Labute approximate surface area is 113 Å². The van der Waals surface area contributed by atoms with Gasteiger partial charge in [-0.05, 0) is 44.0 Å². The molecule has 1 aromatic carbocycles. The van der Waals surface area contributed by atoms with Crippen LogP contribution in [0.2, 0.25) is 0 Å². The third kappa shape index (κ3) is 4.66. The first-order chi connectivity index (χ1) is 7.63. The molecule has 4 heteroatoms. The van der Waals surface area contributed by atoms with Crippen LogP contribution in [0.15, 0.2) is 28.7 Å². The highest BCUT2D eigenvalue weighted by Crippen LogP contribution is 2.10. The summed E-state index contributed by atoms with van der Waals surface area (Å²) in [6, 6.07) is 7.59. The third-order valence-electron chi connectivity index (χ3n) is 2.25. The second-order valence-electron chi connectivity index (χ2n) is 3.71. The minimum atomic E-state index is -0.00503. The summed E-state index contributed by atoms with van der Waals surface area (Å²) in [5.41, 5.74) is 0.703. The van der Waals surface area contributed by atoms with Gasteiger partial charge < -0.3 is 5.32 Å². The molecular weight excluding hydrogens is 334 g/mol. The number of hydrogen-bond acceptors (Lipinski definition) is 1. The van der Waals surface area contributed by atoms with E-state index in [1.54, 1.807) is 0 Å². The van der Waals surface area contributed by atoms with E-state index >= 15 is 0 Å². The summed E-state index contributed by atoms with van der Waals surface area (Å²) in [6.07, 6.45) is 2.06. The quantitative estimate of drug-likeness (QED) is 0.807. The van der Waals surface area contributed by atoms with E-state index in [9.17, 15) is 4.79 Å². The minimum absolute atomic E-state index is 0.00503. The van der Waals surface area contributed by atoms with Crippen molar-refractivity contribution in [2.45, 2.75) is 25.8 Å². The van der Waals surface area contributed by atoms with Gasteiger partial charge in [0.1, 0.15) is 0 Å². The molecule has 1 atom stereocenters. The van der Waals surface area contributed by atoms with Crippen LogP contribution in [-0.2, 0) is 0 Å². The van der Waals surface area contributed by atoms with Crippen molar-refractivity contribution in [1.29, 1.82) is 0 Å². The summed E-state index contributed by atoms with van der Waals surface area (Å²) >= 11 is 6.72. The van der Waals surface area contributed by atoms with Gasteiger partial charge in [-0.1, -0.05) is 31.9 Å². The van der Waals surface area contributed by atoms with Gasteiger partial charge in [-0.15, -0.1) is 0 Å². The molecule has 0 radical (unpaired) electrons. The number of alkyl halides is 1. The zero-order valence-corrected chi connectivity index (χ0v) is 12.3. The molecule has 0 aliphatic carbocycles. The Morgan fingerprint density at radius 3 is 2.56 bits per heavy atom. The van der Waals surface area contributed by atoms with Crippen molar-refractivity contribution in [3.8, 4) is 0 Å². The van der Waals surface area contributed by atoms with E-state index in [1.165, 1.54) is 0 Å². The number of amides is 1. The van der Waals surface area contributed by atoms with Crippen molar-refractivity contribution in [3.63, 3.8) is 0 Å². The SMILES string of the molecule is CC(CCCBr)NC(=O)c1ccc(Br)cc1. The molecule has 0 spiro atoms. The summed E-state index contributed by atoms with van der Waals surface area (Å²) in [4.78, 5) is 11.8. The number of carbonyl (C=O) groups is 1. The smallest absolute Gasteiger partial charge is 0.251 e. The van der Waals surface area contributed by atoms with Crippen LogP contribution in [0.3, 0.4) is 0 Å². The fourth-order valence-corrected chi connectivity index (χ4v) is 1.95. The molecule has 0 aliphatic heterocycles. The van der Waals surface area contributed by atoms with Crippen molar-refractivity contribution >= 4 is 37.8 Å². The fourth-order valence-electron chi connectivity index (χ4n) is 1.36. The van der Waals surface area contributed by atoms with E-state index in [-0.39, 0.29) is 11.9 Å². The molecule has 16 heavy (non-hydrogen) atoms. The first-order valence-electron chi connectivity index (χ1n) is 5.26. The monoisotopic (exact) mass is 347 g/mol. The highest BCUT2D eigenvalue weighted by Gasteiger charge is 2.08. The molecule has 1 unspecified atom stereocenters. The predicted molar refractivity (Wildman–Crippen MR) is 74.1 cm³/mol. The largest absolute Gasteiger partial charge is 0.350 e. The maximum atomic E-state index is 11.8. The van der Waals surface area contributed by atoms with E-state index in [2.05, 4.69) is 37.2 Å². The van der Waals surface area contributed by atoms with Crippen LogP contribution >= 0.6 is 31.9 Å². The van der Waals surface area contributed by atoms with Gasteiger partial charge in [0, 0.05) is 21.4 Å². The first kappa shape index (κ1) is 13.7. The zero-order valence-electron chi connectivity index (χ0n) is 9.17. The van der Waals surface area contributed by atoms with Crippen LogP contribution in [0.4, 0.5) is 0 Å². The van der Waals surface area contributed by atoms with E-state index < -0.39 is 0 Å². The Hall–Kier alpha value is -0.350. The molecule has 1 rings (SSSR count). The molecule has 1 N–H and O–H groups in total. The number of carbonyl (C=O) groups excluding carboxylic acids is 1. The Morgan fingerprint density at radius 2 is 2.00 bits per heavy atom. The maximum Gasteiger partial charge on any atom is 0.251 e. The first-order valence-corrected chi connectivity index (χ1v) is 7.17. The number of rotatable bonds is 5. The van der Waals surface area contributed by atoms with Gasteiger partial charge in [-0.3, -0.25) is 4.79 Å². The van der Waals surface area contributed by atoms with Crippen molar-refractivity contribution < 1.29 is 4.79 Å². The average molecular weight is 349 g/mol. The predicted octanol–water partition coefficient (Wildman–Crippen LogP) is 3.74. The molecule has 2 nitrogen and oxygen atoms in total. The molecular formula is C12H15Br2NO. The standard InChI is InChI=1S/C12H15Br2NO/c1-9(3-2-8-13)15-12(16)10-4-6-11(14)7-5-10/h4-7,9H,2-3,8H2,1H3,(H,15,16). The summed E-state index contributed by atoms with van der Waals surface area (Å²) in [5.74, 6) is -0.00503. The van der Waals surface area contributed by atoms with E-state index in [4.69, 9.17) is 0 Å². The molecule has 0 saturated carbocycles. The van der Waals surface area contributed by atoms with Gasteiger partial charge in [0.2, 0.25) is 0 Å². The second kappa shape index (κ2) is 7.07. The molecule has 88 valence electrons. The molecule has 0 bridgehead atoms. The maximum absolute atomic E-state index is 11.8. The lowest BCUT2D eigenvalue weighted by Crippen LogP contribution is -2.32. The normalized spacial score (nSPS) is 12.2. The van der Waals surface area contributed by atoms with Crippen molar-refractivity contribution in [3.05, 3.63) is 34.3 Å². The van der Waals surface area contributed by atoms with Crippen LogP contribution in [-0.4, -0.2) is 17.3 Å². The Kier molecular flexibility index (Phi) is 6.06. The van der Waals surface area contributed by atoms with Crippen LogP contribution in [0.25, 0.3) is 0 Å². The van der Waals surface area contributed by atoms with Gasteiger partial charge in [0.25, 0.3) is 5.91 Å². The van der Waals surface area contributed by atoms with Crippen molar-refractivity contribution in [1.82, 2.24) is 5.32 Å². The minimum Gasteiger partial charge on any atom is -0.350 e. The Balaban J connectivity index is 2.48. The topological polar surface area (TPSA) is 29.1 Å². The van der Waals surface area contributed by atoms with Gasteiger partial charge in [-0.2, -0.15) is 0 Å². The van der Waals surface area contributed by atoms with E-state index in [0.29, 0.717) is 5.56 Å². The lowest BCUT2D eigenvalue weighted by molar-refractivity contribution is 0.0938. The average Bonchev–Trinajstić information content (AvgIpc) is 2.27. The van der Waals surface area contributed by atoms with Gasteiger partial charge in [0.15, 0.2) is 0 Å². The van der Waals surface area contributed by atoms with Crippen LogP contribution in [0.5, 0.6) is 0 Å².